The number of hydrogen-bond donors (Lipinski definition) is 1. The molecule has 2 heterocycles. The van der Waals surface area contributed by atoms with Crippen LogP contribution in [0.5, 0.6) is 0 Å². The molecular weight excluding hydrogens is 208 g/mol. The largest absolute Gasteiger partial charge is 0.302 e. The third kappa shape index (κ3) is 2.12. The van der Waals surface area contributed by atoms with Crippen LogP contribution in [0.3, 0.4) is 0 Å². The highest BCUT2D eigenvalue weighted by atomic mass is 15.1. The molecule has 0 amide bonds. The Balaban J connectivity index is 1.94. The summed E-state index contributed by atoms with van der Waals surface area (Å²) in [5, 5.41) is 1.22. The molecule has 0 bridgehead atoms. The molecule has 2 aromatic rings. The lowest BCUT2D eigenvalue weighted by Crippen LogP contribution is -3.06. The molecular formula is C15H15N2+. The Hall–Kier alpha value is -1.93. The summed E-state index contributed by atoms with van der Waals surface area (Å²) in [7, 11) is 0. The molecule has 0 saturated carbocycles. The quantitative estimate of drug-likeness (QED) is 0.820. The Morgan fingerprint density at radius 3 is 2.94 bits per heavy atom. The molecule has 0 radical (unpaired) electrons. The first-order valence-electron chi connectivity index (χ1n) is 5.94. The number of nitrogens with zero attached hydrogens (tertiary/aromatic N) is 1. The maximum Gasteiger partial charge on any atom is 0.109 e. The molecule has 0 aliphatic carbocycles. The Kier molecular flexibility index (Phi) is 2.72. The van der Waals surface area contributed by atoms with E-state index < -0.39 is 0 Å². The fourth-order valence-electron chi connectivity index (χ4n) is 2.24. The van der Waals surface area contributed by atoms with Crippen molar-refractivity contribution in [2.75, 3.05) is 6.54 Å². The van der Waals surface area contributed by atoms with Crippen LogP contribution in [0.4, 0.5) is 0 Å². The van der Waals surface area contributed by atoms with E-state index in [4.69, 9.17) is 0 Å². The van der Waals surface area contributed by atoms with Gasteiger partial charge in [-0.15, -0.1) is 0 Å². The van der Waals surface area contributed by atoms with Gasteiger partial charge in [-0.3, -0.25) is 4.98 Å². The van der Waals surface area contributed by atoms with Crippen LogP contribution in [-0.4, -0.2) is 11.5 Å². The van der Waals surface area contributed by atoms with E-state index in [1.165, 1.54) is 15.8 Å². The number of benzene rings is 1. The first-order chi connectivity index (χ1) is 8.43. The zero-order valence-corrected chi connectivity index (χ0v) is 9.63. The van der Waals surface area contributed by atoms with Crippen molar-refractivity contribution >= 4 is 10.9 Å². The van der Waals surface area contributed by atoms with Gasteiger partial charge in [-0.1, -0.05) is 30.3 Å². The maximum atomic E-state index is 4.49. The van der Waals surface area contributed by atoms with Crippen molar-refractivity contribution < 1.29 is 4.90 Å². The summed E-state index contributed by atoms with van der Waals surface area (Å²) in [6, 6.07) is 10.5. The first-order valence-corrected chi connectivity index (χ1v) is 5.94. The van der Waals surface area contributed by atoms with Crippen molar-refractivity contribution in [1.29, 1.82) is 0 Å². The number of aromatic nitrogens is 1. The van der Waals surface area contributed by atoms with Gasteiger partial charge in [-0.2, -0.15) is 0 Å². The van der Waals surface area contributed by atoms with Gasteiger partial charge in [0.25, 0.3) is 0 Å². The number of hydrogen-bond acceptors (Lipinski definition) is 1. The molecule has 1 N–H and O–H groups in total. The van der Waals surface area contributed by atoms with Crippen LogP contribution in [0.15, 0.2) is 61.0 Å². The third-order valence-electron chi connectivity index (χ3n) is 3.09. The van der Waals surface area contributed by atoms with Crippen molar-refractivity contribution in [3.63, 3.8) is 0 Å². The van der Waals surface area contributed by atoms with E-state index >= 15 is 0 Å². The second-order valence-electron chi connectivity index (χ2n) is 4.32. The molecule has 1 unspecified atom stereocenters. The zero-order chi connectivity index (χ0) is 11.5. The number of nitrogens with one attached hydrogen (secondary N) is 1. The second-order valence-corrected chi connectivity index (χ2v) is 4.32. The Morgan fingerprint density at radius 2 is 2.06 bits per heavy atom. The van der Waals surface area contributed by atoms with Crippen molar-refractivity contribution in [3.8, 4) is 0 Å². The molecule has 1 aromatic heterocycles. The lowest BCUT2D eigenvalue weighted by atomic mass is 10.1. The highest BCUT2D eigenvalue weighted by Crippen LogP contribution is 2.14. The van der Waals surface area contributed by atoms with Crippen LogP contribution in [-0.2, 0) is 6.54 Å². The number of quaternary nitrogens is 1. The van der Waals surface area contributed by atoms with Gasteiger partial charge >= 0.3 is 0 Å². The van der Waals surface area contributed by atoms with Crippen molar-refractivity contribution in [3.05, 3.63) is 66.5 Å². The standard InChI is InChI=1S/C15H14N2/c1-2-10-17(11-3-1)12-14-7-4-6-13-8-5-9-16-15(13)14/h1-10H,11-12H2/p+1. The van der Waals surface area contributed by atoms with E-state index in [-0.39, 0.29) is 0 Å². The van der Waals surface area contributed by atoms with Crippen molar-refractivity contribution in [1.82, 2.24) is 4.98 Å². The monoisotopic (exact) mass is 223 g/mol. The van der Waals surface area contributed by atoms with Crippen LogP contribution < -0.4 is 4.90 Å². The van der Waals surface area contributed by atoms with E-state index in [0.29, 0.717) is 0 Å². The minimum absolute atomic E-state index is 0.995. The molecule has 0 saturated heterocycles. The summed E-state index contributed by atoms with van der Waals surface area (Å²) in [5.41, 5.74) is 2.45. The molecule has 0 fully saturated rings. The second kappa shape index (κ2) is 4.52. The molecule has 84 valence electrons. The Bertz CT molecular complexity index is 579. The van der Waals surface area contributed by atoms with Gasteiger partial charge in [0.15, 0.2) is 0 Å². The Morgan fingerprint density at radius 1 is 1.12 bits per heavy atom. The summed E-state index contributed by atoms with van der Waals surface area (Å²) in [5.74, 6) is 0. The molecule has 1 aromatic carbocycles. The van der Waals surface area contributed by atoms with Gasteiger partial charge in [0.1, 0.15) is 13.1 Å². The van der Waals surface area contributed by atoms with Crippen LogP contribution in [0.2, 0.25) is 0 Å². The molecule has 1 aliphatic heterocycles. The lowest BCUT2D eigenvalue weighted by molar-refractivity contribution is -0.855. The van der Waals surface area contributed by atoms with Crippen LogP contribution >= 0.6 is 0 Å². The topological polar surface area (TPSA) is 17.3 Å². The minimum Gasteiger partial charge on any atom is -0.302 e. The van der Waals surface area contributed by atoms with E-state index in [2.05, 4.69) is 53.7 Å². The normalized spacial score (nSPS) is 18.7. The molecule has 2 nitrogen and oxygen atoms in total. The number of para-hydroxylation sites is 1. The summed E-state index contributed by atoms with van der Waals surface area (Å²) in [6.07, 6.45) is 10.5. The predicted molar refractivity (Wildman–Crippen MR) is 69.6 cm³/mol. The molecule has 3 rings (SSSR count). The molecule has 17 heavy (non-hydrogen) atoms. The molecule has 2 heteroatoms. The van der Waals surface area contributed by atoms with Crippen LogP contribution in [0.1, 0.15) is 5.56 Å². The van der Waals surface area contributed by atoms with E-state index in [0.717, 1.165) is 18.6 Å². The average Bonchev–Trinajstić information content (AvgIpc) is 2.40. The fraction of sp³-hybridized carbons (Fsp3) is 0.133. The van der Waals surface area contributed by atoms with Crippen LogP contribution in [0.25, 0.3) is 10.9 Å². The van der Waals surface area contributed by atoms with Crippen molar-refractivity contribution in [2.24, 2.45) is 0 Å². The van der Waals surface area contributed by atoms with E-state index in [1.54, 1.807) is 0 Å². The third-order valence-corrected chi connectivity index (χ3v) is 3.09. The Labute approximate surface area is 101 Å². The molecule has 1 aliphatic rings. The SMILES string of the molecule is C1=CC[NH+](Cc2cccc3cccnc23)C=C1. The van der Waals surface area contributed by atoms with E-state index in [9.17, 15) is 0 Å². The fourth-order valence-corrected chi connectivity index (χ4v) is 2.24. The van der Waals surface area contributed by atoms with Gasteiger partial charge in [-0.25, -0.2) is 0 Å². The van der Waals surface area contributed by atoms with Crippen molar-refractivity contribution in [2.45, 2.75) is 6.54 Å². The van der Waals surface area contributed by atoms with E-state index in [1.807, 2.05) is 12.3 Å². The van der Waals surface area contributed by atoms with Gasteiger partial charge in [0, 0.05) is 17.1 Å². The number of rotatable bonds is 2. The smallest absolute Gasteiger partial charge is 0.109 e. The van der Waals surface area contributed by atoms with Gasteiger partial charge in [0.2, 0.25) is 0 Å². The predicted octanol–water partition coefficient (Wildman–Crippen LogP) is 1.70. The zero-order valence-electron chi connectivity index (χ0n) is 9.63. The maximum absolute atomic E-state index is 4.49. The molecule has 0 spiro atoms. The number of pyridine rings is 1. The summed E-state index contributed by atoms with van der Waals surface area (Å²) in [6.45, 7) is 2.05. The first kappa shape index (κ1) is 10.2. The van der Waals surface area contributed by atoms with Crippen LogP contribution in [0, 0.1) is 0 Å². The average molecular weight is 223 g/mol. The highest BCUT2D eigenvalue weighted by molar-refractivity contribution is 5.81. The number of fused-ring (bicyclic) bond motifs is 1. The van der Waals surface area contributed by atoms with Gasteiger partial charge in [0.05, 0.1) is 11.7 Å². The lowest BCUT2D eigenvalue weighted by Gasteiger charge is -2.15. The summed E-state index contributed by atoms with van der Waals surface area (Å²) < 4.78 is 0. The summed E-state index contributed by atoms with van der Waals surface area (Å²) in [4.78, 5) is 5.94. The molecule has 1 atom stereocenters. The van der Waals surface area contributed by atoms with Gasteiger partial charge in [-0.05, 0) is 18.2 Å². The summed E-state index contributed by atoms with van der Waals surface area (Å²) >= 11 is 0. The number of allylic oxidation sites excluding steroid dienone is 2. The highest BCUT2D eigenvalue weighted by Gasteiger charge is 2.09. The van der Waals surface area contributed by atoms with Gasteiger partial charge < -0.3 is 4.90 Å². The minimum atomic E-state index is 0.995.